The Balaban J connectivity index is 2.53. The number of hydrogen-bond acceptors (Lipinski definition) is 2. The molecule has 1 aliphatic rings. The Morgan fingerprint density at radius 3 is 2.45 bits per heavy atom. The zero-order valence-corrected chi connectivity index (χ0v) is 7.34. The number of nitrogens with two attached hydrogens (primary N) is 1. The maximum Gasteiger partial charge on any atom is 0.140 e. The molecule has 0 amide bonds. The van der Waals surface area contributed by atoms with E-state index in [9.17, 15) is 4.79 Å². The van der Waals surface area contributed by atoms with Gasteiger partial charge in [0.05, 0.1) is 0 Å². The van der Waals surface area contributed by atoms with Gasteiger partial charge in [0, 0.05) is 17.9 Å². The maximum absolute atomic E-state index is 11.5. The van der Waals surface area contributed by atoms with Gasteiger partial charge in [0.15, 0.2) is 0 Å². The summed E-state index contributed by atoms with van der Waals surface area (Å²) < 4.78 is 0. The molecule has 2 N–H and O–H groups in total. The fraction of sp³-hybridized carbons (Fsp3) is 0.889. The number of Topliss-reactive ketones (excluding diaryl/α,β-unsaturated/α-hetero) is 1. The summed E-state index contributed by atoms with van der Waals surface area (Å²) in [5.74, 6) is 0.675. The fourth-order valence-corrected chi connectivity index (χ4v) is 1.77. The molecule has 0 heterocycles. The molecule has 2 nitrogen and oxygen atoms in total. The Labute approximate surface area is 68.2 Å². The Kier molecular flexibility index (Phi) is 2.66. The quantitative estimate of drug-likeness (QED) is 0.654. The lowest BCUT2D eigenvalue weighted by molar-refractivity contribution is -0.125. The van der Waals surface area contributed by atoms with Gasteiger partial charge in [-0.05, 0) is 12.8 Å². The van der Waals surface area contributed by atoms with Gasteiger partial charge in [0.1, 0.15) is 5.78 Å². The molecule has 1 fully saturated rings. The van der Waals surface area contributed by atoms with E-state index in [-0.39, 0.29) is 17.9 Å². The number of carbonyl (C=O) groups is 1. The molecule has 0 aromatic rings. The first-order chi connectivity index (χ1) is 5.13. The van der Waals surface area contributed by atoms with Crippen LogP contribution in [0.3, 0.4) is 0 Å². The van der Waals surface area contributed by atoms with E-state index in [1.807, 2.05) is 13.8 Å². The normalized spacial score (nSPS) is 31.3. The van der Waals surface area contributed by atoms with Crippen molar-refractivity contribution >= 4 is 5.78 Å². The Bertz CT molecular complexity index is 154. The van der Waals surface area contributed by atoms with Crippen molar-refractivity contribution < 1.29 is 4.79 Å². The van der Waals surface area contributed by atoms with Gasteiger partial charge in [-0.1, -0.05) is 20.3 Å². The van der Waals surface area contributed by atoms with Crippen LogP contribution in [0.1, 0.15) is 33.1 Å². The summed E-state index contributed by atoms with van der Waals surface area (Å²) >= 11 is 0. The minimum Gasteiger partial charge on any atom is -0.327 e. The van der Waals surface area contributed by atoms with Crippen molar-refractivity contribution in [2.45, 2.75) is 39.2 Å². The van der Waals surface area contributed by atoms with Crippen LogP contribution in [0.4, 0.5) is 0 Å². The van der Waals surface area contributed by atoms with Gasteiger partial charge in [-0.2, -0.15) is 0 Å². The molecule has 0 bridgehead atoms. The highest BCUT2D eigenvalue weighted by Gasteiger charge is 2.30. The van der Waals surface area contributed by atoms with Gasteiger partial charge in [-0.3, -0.25) is 4.79 Å². The molecule has 0 aromatic carbocycles. The van der Waals surface area contributed by atoms with Crippen LogP contribution in [0.5, 0.6) is 0 Å². The molecule has 0 aromatic heterocycles. The van der Waals surface area contributed by atoms with Crippen LogP contribution in [0.2, 0.25) is 0 Å². The smallest absolute Gasteiger partial charge is 0.140 e. The van der Waals surface area contributed by atoms with E-state index < -0.39 is 0 Å². The van der Waals surface area contributed by atoms with Crippen LogP contribution in [-0.4, -0.2) is 11.8 Å². The highest BCUT2D eigenvalue weighted by Crippen LogP contribution is 2.26. The minimum absolute atomic E-state index is 0.143. The molecule has 1 saturated carbocycles. The summed E-state index contributed by atoms with van der Waals surface area (Å²) in [4.78, 5) is 11.5. The molecule has 11 heavy (non-hydrogen) atoms. The first kappa shape index (κ1) is 8.72. The van der Waals surface area contributed by atoms with Crippen molar-refractivity contribution in [2.75, 3.05) is 0 Å². The highest BCUT2D eigenvalue weighted by atomic mass is 16.1. The van der Waals surface area contributed by atoms with Crippen molar-refractivity contribution in [3.8, 4) is 0 Å². The van der Waals surface area contributed by atoms with Gasteiger partial charge in [-0.25, -0.2) is 0 Å². The second-order valence-corrected chi connectivity index (χ2v) is 3.76. The molecule has 2 atom stereocenters. The minimum atomic E-state index is 0.143. The van der Waals surface area contributed by atoms with Gasteiger partial charge < -0.3 is 5.73 Å². The lowest BCUT2D eigenvalue weighted by Gasteiger charge is -2.15. The van der Waals surface area contributed by atoms with E-state index in [1.165, 1.54) is 0 Å². The first-order valence-corrected chi connectivity index (χ1v) is 4.42. The van der Waals surface area contributed by atoms with Crippen LogP contribution < -0.4 is 5.73 Å². The lowest BCUT2D eigenvalue weighted by atomic mass is 9.91. The van der Waals surface area contributed by atoms with E-state index in [1.54, 1.807) is 0 Å². The highest BCUT2D eigenvalue weighted by molar-refractivity contribution is 5.83. The molecule has 2 heteroatoms. The van der Waals surface area contributed by atoms with Gasteiger partial charge >= 0.3 is 0 Å². The predicted octanol–water partition coefficient (Wildman–Crippen LogP) is 1.34. The number of hydrogen-bond donors (Lipinski definition) is 1. The molecular weight excluding hydrogens is 138 g/mol. The third-order valence-corrected chi connectivity index (χ3v) is 2.50. The van der Waals surface area contributed by atoms with Crippen molar-refractivity contribution in [3.05, 3.63) is 0 Å². The second-order valence-electron chi connectivity index (χ2n) is 3.76. The van der Waals surface area contributed by atoms with Gasteiger partial charge in [0.2, 0.25) is 0 Å². The summed E-state index contributed by atoms with van der Waals surface area (Å²) in [6, 6.07) is 0.143. The first-order valence-electron chi connectivity index (χ1n) is 4.42. The molecule has 1 rings (SSSR count). The van der Waals surface area contributed by atoms with E-state index in [0.717, 1.165) is 19.3 Å². The summed E-state index contributed by atoms with van der Waals surface area (Å²) in [5, 5.41) is 0. The van der Waals surface area contributed by atoms with E-state index >= 15 is 0 Å². The summed E-state index contributed by atoms with van der Waals surface area (Å²) in [7, 11) is 0. The molecular formula is C9H17NO. The number of carbonyl (C=O) groups excluding carboxylic acids is 1. The van der Waals surface area contributed by atoms with Gasteiger partial charge in [-0.15, -0.1) is 0 Å². The molecule has 0 unspecified atom stereocenters. The molecule has 1 aliphatic carbocycles. The average molecular weight is 155 g/mol. The molecule has 0 aliphatic heterocycles. The van der Waals surface area contributed by atoms with Crippen molar-refractivity contribution in [3.63, 3.8) is 0 Å². The van der Waals surface area contributed by atoms with E-state index in [2.05, 4.69) is 0 Å². The van der Waals surface area contributed by atoms with E-state index in [0.29, 0.717) is 5.78 Å². The van der Waals surface area contributed by atoms with Crippen LogP contribution in [0, 0.1) is 11.8 Å². The SMILES string of the molecule is CC(C)C(=O)[C@H]1CCC[C@H]1N. The van der Waals surface area contributed by atoms with Crippen LogP contribution in [-0.2, 0) is 4.79 Å². The van der Waals surface area contributed by atoms with Crippen LogP contribution >= 0.6 is 0 Å². The largest absolute Gasteiger partial charge is 0.327 e. The summed E-state index contributed by atoms with van der Waals surface area (Å²) in [6.07, 6.45) is 3.17. The summed E-state index contributed by atoms with van der Waals surface area (Å²) in [6.45, 7) is 3.90. The van der Waals surface area contributed by atoms with Crippen LogP contribution in [0.25, 0.3) is 0 Å². The topological polar surface area (TPSA) is 43.1 Å². The average Bonchev–Trinajstić information content (AvgIpc) is 2.33. The molecule has 0 radical (unpaired) electrons. The third kappa shape index (κ3) is 1.80. The standard InChI is InChI=1S/C9H17NO/c1-6(2)9(11)7-4-3-5-8(7)10/h6-8H,3-5,10H2,1-2H3/t7-,8+/m0/s1. The van der Waals surface area contributed by atoms with E-state index in [4.69, 9.17) is 5.73 Å². The molecule has 64 valence electrons. The molecule has 0 saturated heterocycles. The Morgan fingerprint density at radius 1 is 1.45 bits per heavy atom. The van der Waals surface area contributed by atoms with Crippen LogP contribution in [0.15, 0.2) is 0 Å². The lowest BCUT2D eigenvalue weighted by Crippen LogP contribution is -2.32. The fourth-order valence-electron chi connectivity index (χ4n) is 1.77. The molecule has 0 spiro atoms. The Hall–Kier alpha value is -0.370. The zero-order chi connectivity index (χ0) is 8.43. The van der Waals surface area contributed by atoms with Crippen molar-refractivity contribution in [2.24, 2.45) is 17.6 Å². The second kappa shape index (κ2) is 3.35. The van der Waals surface area contributed by atoms with Crippen molar-refractivity contribution in [1.29, 1.82) is 0 Å². The maximum atomic E-state index is 11.5. The number of ketones is 1. The van der Waals surface area contributed by atoms with Crippen molar-refractivity contribution in [1.82, 2.24) is 0 Å². The van der Waals surface area contributed by atoms with Gasteiger partial charge in [0.25, 0.3) is 0 Å². The zero-order valence-electron chi connectivity index (χ0n) is 7.34. The summed E-state index contributed by atoms with van der Waals surface area (Å²) in [5.41, 5.74) is 5.80. The predicted molar refractivity (Wildman–Crippen MR) is 45.2 cm³/mol. The number of rotatable bonds is 2. The monoisotopic (exact) mass is 155 g/mol. The Morgan fingerprint density at radius 2 is 2.09 bits per heavy atom. The third-order valence-electron chi connectivity index (χ3n) is 2.50.